The summed E-state index contributed by atoms with van der Waals surface area (Å²) in [4.78, 5) is 92.0. The number of azide groups is 1. The second-order valence-corrected chi connectivity index (χ2v) is 21.1. The van der Waals surface area contributed by atoms with Crippen molar-refractivity contribution >= 4 is 47.3 Å². The minimum atomic E-state index is -1.01. The van der Waals surface area contributed by atoms with Gasteiger partial charge in [-0.3, -0.25) is 19.2 Å². The first-order chi connectivity index (χ1) is 37.3. The zero-order chi connectivity index (χ0) is 54.4. The van der Waals surface area contributed by atoms with Crippen LogP contribution in [0.4, 0.5) is 15.3 Å². The van der Waals surface area contributed by atoms with Crippen LogP contribution in [0.5, 0.6) is 0 Å². The van der Waals surface area contributed by atoms with Crippen LogP contribution in [0.15, 0.2) is 52.2 Å². The molecule has 4 aliphatic heterocycles. The van der Waals surface area contributed by atoms with Crippen molar-refractivity contribution < 1.29 is 66.7 Å². The molecule has 4 heterocycles. The molecule has 0 bridgehead atoms. The molecule has 23 nitrogen and oxygen atoms in total. The molecule has 4 fully saturated rings. The van der Waals surface area contributed by atoms with Crippen molar-refractivity contribution in [1.29, 1.82) is 0 Å². The number of epoxide rings is 2. The molecule has 77 heavy (non-hydrogen) atoms. The Morgan fingerprint density at radius 2 is 1.62 bits per heavy atom. The van der Waals surface area contributed by atoms with Crippen LogP contribution in [-0.4, -0.2) is 156 Å². The third kappa shape index (κ3) is 13.4. The summed E-state index contributed by atoms with van der Waals surface area (Å²) >= 11 is 0. The first-order valence-corrected chi connectivity index (χ1v) is 27.5. The smallest absolute Gasteiger partial charge is 0.407 e. The molecule has 6 N–H and O–H groups in total. The number of benzene rings is 1. The second kappa shape index (κ2) is 26.5. The number of urea groups is 1. The molecule has 3 saturated heterocycles. The normalized spacial score (nSPS) is 27.4. The molecular formula is C54H75N9O14. The number of esters is 1. The summed E-state index contributed by atoms with van der Waals surface area (Å²) in [5.41, 5.74) is 9.65. The summed E-state index contributed by atoms with van der Waals surface area (Å²) < 4.78 is 40.5. The van der Waals surface area contributed by atoms with Crippen LogP contribution in [0.1, 0.15) is 121 Å². The van der Waals surface area contributed by atoms with Gasteiger partial charge in [-0.05, 0) is 125 Å². The zero-order valence-corrected chi connectivity index (χ0v) is 44.3. The molecule has 1 aromatic rings. The van der Waals surface area contributed by atoms with Gasteiger partial charge in [-0.1, -0.05) is 37.0 Å². The number of amides is 6. The first kappa shape index (κ1) is 57.1. The lowest BCUT2D eigenvalue weighted by molar-refractivity contribution is -0.136. The van der Waals surface area contributed by atoms with Crippen LogP contribution < -0.4 is 31.9 Å². The third-order valence-electron chi connectivity index (χ3n) is 16.2. The molecule has 0 unspecified atom stereocenters. The van der Waals surface area contributed by atoms with E-state index in [1.165, 1.54) is 6.07 Å². The molecule has 2 spiro atoms. The van der Waals surface area contributed by atoms with Crippen molar-refractivity contribution in [2.24, 2.45) is 16.4 Å². The fourth-order valence-corrected chi connectivity index (χ4v) is 12.1. The van der Waals surface area contributed by atoms with Crippen LogP contribution in [-0.2, 0) is 52.3 Å². The fraction of sp³-hybridized carbons (Fsp3) is 0.685. The number of hydrogen-bond acceptors (Lipinski definition) is 15. The summed E-state index contributed by atoms with van der Waals surface area (Å²) in [5.74, 6) is -1.09. The van der Waals surface area contributed by atoms with Crippen molar-refractivity contribution in [2.45, 2.75) is 152 Å². The van der Waals surface area contributed by atoms with E-state index < -0.39 is 29.2 Å². The highest BCUT2D eigenvalue weighted by Crippen LogP contribution is 2.77. The van der Waals surface area contributed by atoms with Crippen molar-refractivity contribution in [3.63, 3.8) is 0 Å². The number of carbonyl (C=O) groups is 7. The van der Waals surface area contributed by atoms with Crippen LogP contribution in [0.3, 0.4) is 0 Å². The van der Waals surface area contributed by atoms with Gasteiger partial charge >= 0.3 is 18.1 Å². The lowest BCUT2D eigenvalue weighted by Gasteiger charge is -2.51. The second-order valence-electron chi connectivity index (χ2n) is 21.1. The number of nitrogens with one attached hydrogen (secondary N) is 6. The molecule has 420 valence electrons. The largest absolute Gasteiger partial charge is 0.458 e. The number of rotatable bonds is 33. The molecule has 23 heteroatoms. The highest BCUT2D eigenvalue weighted by atomic mass is 16.7. The van der Waals surface area contributed by atoms with Crippen molar-refractivity contribution in [3.05, 3.63) is 63.1 Å². The van der Waals surface area contributed by atoms with E-state index >= 15 is 0 Å². The summed E-state index contributed by atoms with van der Waals surface area (Å²) in [7, 11) is 0. The Labute approximate surface area is 448 Å². The van der Waals surface area contributed by atoms with Gasteiger partial charge in [0.2, 0.25) is 11.8 Å². The van der Waals surface area contributed by atoms with E-state index in [1.807, 2.05) is 13.0 Å². The van der Waals surface area contributed by atoms with Crippen LogP contribution in [0, 0.1) is 11.3 Å². The monoisotopic (exact) mass is 1070 g/mol. The molecule has 7 aliphatic rings. The van der Waals surface area contributed by atoms with Crippen LogP contribution >= 0.6 is 0 Å². The first-order valence-electron chi connectivity index (χ1n) is 27.5. The fourth-order valence-electron chi connectivity index (χ4n) is 12.1. The van der Waals surface area contributed by atoms with Gasteiger partial charge in [-0.2, -0.15) is 0 Å². The standard InChI is InChI=1S/C54H75N9O14/c1-34-41(61-50(69)59-34)15-4-3-5-17-45(64)56-21-10-23-71-26-28-73-29-27-72-24-11-22-57-48(67)42(60-47(66)36-12-8-14-37(30-36)62-63-55)16-6-7-20-58-51(70)74-25-9-13-35-31-44-54(77-44)52(2)19-18-38-39(33-75-49(38)68)40(52)32-43-53(54,76-43)46(35)65/h8,12,14,30-31,34,40-44H,3-7,9-11,13,15-29,32-33H2,1-2H3,(H,56,64)(H,57,67)(H,58,70)(H,60,66)(H2,59,61,69)/t34-,40-,41+,42-,43-,44-,52-,53+,54+/m0/s1. The maximum absolute atomic E-state index is 14.1. The maximum atomic E-state index is 14.1. The minimum absolute atomic E-state index is 0.0297. The number of cyclic esters (lactones) is 1. The number of ketones is 1. The lowest BCUT2D eigenvalue weighted by atomic mass is 9.48. The number of hydrogen-bond donors (Lipinski definition) is 6. The maximum Gasteiger partial charge on any atom is 0.407 e. The molecule has 8 rings (SSSR count). The summed E-state index contributed by atoms with van der Waals surface area (Å²) in [5, 5.41) is 20.6. The number of alkyl carbamates (subject to hydrolysis) is 1. The molecule has 9 atom stereocenters. The van der Waals surface area contributed by atoms with E-state index in [0.29, 0.717) is 123 Å². The summed E-state index contributed by atoms with van der Waals surface area (Å²) in [6.07, 6.45) is 10.1. The lowest BCUT2D eigenvalue weighted by Crippen LogP contribution is -2.63. The highest BCUT2D eigenvalue weighted by molar-refractivity contribution is 6.08. The van der Waals surface area contributed by atoms with E-state index in [4.69, 9.17) is 38.7 Å². The van der Waals surface area contributed by atoms with Gasteiger partial charge in [0.1, 0.15) is 24.4 Å². The minimum Gasteiger partial charge on any atom is -0.458 e. The Morgan fingerprint density at radius 1 is 0.870 bits per heavy atom. The van der Waals surface area contributed by atoms with E-state index in [9.17, 15) is 33.6 Å². The molecule has 6 amide bonds. The number of carbonyl (C=O) groups excluding carboxylic acids is 7. The predicted octanol–water partition coefficient (Wildman–Crippen LogP) is 4.94. The SMILES string of the molecule is C[C@@H]1NC(=O)N[C@@H]1CCCCCC(=O)NCCCOCCOCCOCCCNC(=O)[C@H](CCCCNC(=O)OCCCC1=C[C@@H]2O[C@@]23[C@@]2(C)CCC4=C(COC4=O)[C@@H]2C[C@@H]2O[C@@]23C1=O)NC(=O)c1cccc(N=[N+]=[N-])c1. The average Bonchev–Trinajstić information content (AvgIpc) is 3.61. The van der Waals surface area contributed by atoms with Crippen LogP contribution in [0.2, 0.25) is 0 Å². The molecule has 1 saturated carbocycles. The topological polar surface area (TPSA) is 312 Å². The van der Waals surface area contributed by atoms with Gasteiger partial charge in [-0.25, -0.2) is 14.4 Å². The zero-order valence-electron chi connectivity index (χ0n) is 44.3. The van der Waals surface area contributed by atoms with E-state index in [0.717, 1.165) is 43.3 Å². The number of unbranched alkanes of at least 4 members (excludes halogenated alkanes) is 3. The molecular weight excluding hydrogens is 999 g/mol. The van der Waals surface area contributed by atoms with E-state index in [1.54, 1.807) is 18.2 Å². The molecule has 0 radical (unpaired) electrons. The van der Waals surface area contributed by atoms with Crippen molar-refractivity contribution in [3.8, 4) is 0 Å². The highest BCUT2D eigenvalue weighted by Gasteiger charge is 2.92. The number of Topliss-reactive ketones (excluding diaryl/α,β-unsaturated/α-hetero) is 1. The van der Waals surface area contributed by atoms with Crippen molar-refractivity contribution in [2.75, 3.05) is 72.5 Å². The van der Waals surface area contributed by atoms with Crippen molar-refractivity contribution in [1.82, 2.24) is 31.9 Å². The number of fused-ring (bicyclic) bond motifs is 2. The predicted molar refractivity (Wildman–Crippen MR) is 276 cm³/mol. The Hall–Kier alpha value is -6.10. The van der Waals surface area contributed by atoms with Gasteiger partial charge < -0.3 is 65.1 Å². The number of nitrogens with zero attached hydrogens (tertiary/aromatic N) is 3. The molecule has 0 aromatic heterocycles. The number of ether oxygens (including phenoxy) is 7. The van der Waals surface area contributed by atoms with Gasteiger partial charge in [-0.15, -0.1) is 0 Å². The Balaban J connectivity index is 0.654. The Morgan fingerprint density at radius 3 is 2.38 bits per heavy atom. The van der Waals surface area contributed by atoms with Gasteiger partial charge in [0.05, 0.1) is 45.2 Å². The van der Waals surface area contributed by atoms with Gasteiger partial charge in [0, 0.05) is 72.5 Å². The summed E-state index contributed by atoms with van der Waals surface area (Å²) in [6.45, 7) is 8.09. The van der Waals surface area contributed by atoms with Gasteiger partial charge in [0.25, 0.3) is 5.91 Å². The molecule has 1 aromatic carbocycles. The Kier molecular flexibility index (Phi) is 19.6. The van der Waals surface area contributed by atoms with E-state index in [-0.39, 0.29) is 96.0 Å². The summed E-state index contributed by atoms with van der Waals surface area (Å²) in [6, 6.07) is 5.40. The van der Waals surface area contributed by atoms with E-state index in [2.05, 4.69) is 48.9 Å². The van der Waals surface area contributed by atoms with Crippen LogP contribution in [0.25, 0.3) is 10.4 Å². The molecule has 3 aliphatic carbocycles. The average molecular weight is 1070 g/mol. The van der Waals surface area contributed by atoms with Gasteiger partial charge in [0.15, 0.2) is 11.4 Å². The Bertz CT molecular complexity index is 2470. The quantitative estimate of drug-likeness (QED) is 0.0136. The third-order valence-corrected chi connectivity index (χ3v) is 16.2.